The van der Waals surface area contributed by atoms with E-state index in [-0.39, 0.29) is 28.6 Å². The van der Waals surface area contributed by atoms with Gasteiger partial charge in [0.05, 0.1) is 13.0 Å². The van der Waals surface area contributed by atoms with Gasteiger partial charge in [-0.25, -0.2) is 0 Å². The van der Waals surface area contributed by atoms with Crippen LogP contribution >= 0.6 is 0 Å². The molecule has 1 N–H and O–H groups in total. The van der Waals surface area contributed by atoms with E-state index >= 15 is 0 Å². The van der Waals surface area contributed by atoms with E-state index in [0.29, 0.717) is 5.75 Å². The van der Waals surface area contributed by atoms with Crippen LogP contribution in [0.1, 0.15) is 77.0 Å². The van der Waals surface area contributed by atoms with Crippen LogP contribution in [0.5, 0.6) is 5.75 Å². The minimum atomic E-state index is -0.148. The summed E-state index contributed by atoms with van der Waals surface area (Å²) in [6, 6.07) is 4.18. The fraction of sp³-hybridized carbons (Fsp3) is 0.650. The molecule has 3 heteroatoms. The van der Waals surface area contributed by atoms with Crippen molar-refractivity contribution in [2.24, 2.45) is 5.92 Å². The summed E-state index contributed by atoms with van der Waals surface area (Å²) in [5.74, 6) is 0.419. The zero-order valence-corrected chi connectivity index (χ0v) is 15.5. The van der Waals surface area contributed by atoms with Gasteiger partial charge in [0.1, 0.15) is 5.75 Å². The predicted molar refractivity (Wildman–Crippen MR) is 93.0 cm³/mol. The number of hydrogen-bond acceptors (Lipinski definition) is 3. The number of hydrogen-bond donors (Lipinski definition) is 1. The van der Waals surface area contributed by atoms with Gasteiger partial charge in [-0.3, -0.25) is 4.79 Å². The first-order chi connectivity index (χ1) is 10.5. The molecule has 0 saturated heterocycles. The molecule has 128 valence electrons. The zero-order valence-electron chi connectivity index (χ0n) is 15.5. The van der Waals surface area contributed by atoms with E-state index < -0.39 is 0 Å². The molecule has 1 aliphatic carbocycles. The summed E-state index contributed by atoms with van der Waals surface area (Å²) in [4.78, 5) is 11.9. The summed E-state index contributed by atoms with van der Waals surface area (Å²) < 4.78 is 4.94. The number of esters is 1. The molecule has 1 aliphatic rings. The Kier molecular flexibility index (Phi) is 4.53. The highest BCUT2D eigenvalue weighted by Crippen LogP contribution is 2.47. The van der Waals surface area contributed by atoms with Crippen LogP contribution in [0.15, 0.2) is 12.1 Å². The van der Waals surface area contributed by atoms with Gasteiger partial charge in [-0.05, 0) is 46.3 Å². The normalized spacial score (nSPS) is 21.7. The van der Waals surface area contributed by atoms with Crippen molar-refractivity contribution in [3.8, 4) is 5.75 Å². The van der Waals surface area contributed by atoms with Crippen molar-refractivity contribution in [2.45, 2.75) is 71.1 Å². The zero-order chi connectivity index (χ0) is 17.6. The monoisotopic (exact) mass is 318 g/mol. The third-order valence-corrected chi connectivity index (χ3v) is 4.95. The summed E-state index contributed by atoms with van der Waals surface area (Å²) in [5, 5.41) is 10.8. The Bertz CT molecular complexity index is 567. The smallest absolute Gasteiger partial charge is 0.309 e. The van der Waals surface area contributed by atoms with E-state index in [9.17, 15) is 9.90 Å². The van der Waals surface area contributed by atoms with Crippen LogP contribution in [0.25, 0.3) is 0 Å². The van der Waals surface area contributed by atoms with Crippen molar-refractivity contribution in [2.75, 3.05) is 7.11 Å². The average molecular weight is 318 g/mol. The van der Waals surface area contributed by atoms with E-state index in [1.165, 1.54) is 7.11 Å². The van der Waals surface area contributed by atoms with E-state index in [1.54, 1.807) is 0 Å². The summed E-state index contributed by atoms with van der Waals surface area (Å²) in [6.07, 6.45) is 1.88. The van der Waals surface area contributed by atoms with Gasteiger partial charge < -0.3 is 9.84 Å². The van der Waals surface area contributed by atoms with Gasteiger partial charge in [0.15, 0.2) is 0 Å². The molecule has 23 heavy (non-hydrogen) atoms. The number of rotatable bonds is 2. The van der Waals surface area contributed by atoms with Crippen LogP contribution in [-0.4, -0.2) is 18.2 Å². The molecule has 0 heterocycles. The lowest BCUT2D eigenvalue weighted by molar-refractivity contribution is -0.149. The number of phenolic OH excluding ortho intramolecular Hbond substituents is 1. The Morgan fingerprint density at radius 3 is 1.83 bits per heavy atom. The van der Waals surface area contributed by atoms with Crippen LogP contribution in [0.3, 0.4) is 0 Å². The van der Waals surface area contributed by atoms with Crippen molar-refractivity contribution < 1.29 is 14.6 Å². The van der Waals surface area contributed by atoms with Gasteiger partial charge in [-0.15, -0.1) is 0 Å². The number of carbonyl (C=O) groups excluding carboxylic acids is 1. The third kappa shape index (κ3) is 3.39. The Morgan fingerprint density at radius 1 is 1.04 bits per heavy atom. The predicted octanol–water partition coefficient (Wildman–Crippen LogP) is 4.65. The second kappa shape index (κ2) is 5.85. The summed E-state index contributed by atoms with van der Waals surface area (Å²) >= 11 is 0. The van der Waals surface area contributed by atoms with Crippen LogP contribution in [0.4, 0.5) is 0 Å². The molecular weight excluding hydrogens is 288 g/mol. The topological polar surface area (TPSA) is 46.5 Å². The second-order valence-electron chi connectivity index (χ2n) is 8.78. The molecule has 1 saturated carbocycles. The highest BCUT2D eigenvalue weighted by Gasteiger charge is 2.39. The van der Waals surface area contributed by atoms with E-state index in [2.05, 4.69) is 53.7 Å². The lowest BCUT2D eigenvalue weighted by Gasteiger charge is -2.37. The van der Waals surface area contributed by atoms with Crippen LogP contribution in [0, 0.1) is 5.92 Å². The minimum Gasteiger partial charge on any atom is -0.507 e. The van der Waals surface area contributed by atoms with E-state index in [4.69, 9.17) is 4.74 Å². The summed E-state index contributed by atoms with van der Waals surface area (Å²) in [6.45, 7) is 12.6. The van der Waals surface area contributed by atoms with Crippen molar-refractivity contribution in [1.82, 2.24) is 0 Å². The number of carbonyl (C=O) groups is 1. The minimum absolute atomic E-state index is 0.0508. The molecule has 0 bridgehead atoms. The van der Waals surface area contributed by atoms with Crippen LogP contribution in [-0.2, 0) is 20.4 Å². The van der Waals surface area contributed by atoms with Gasteiger partial charge in [0.2, 0.25) is 0 Å². The van der Waals surface area contributed by atoms with Crippen molar-refractivity contribution in [3.63, 3.8) is 0 Å². The second-order valence-corrected chi connectivity index (χ2v) is 8.78. The maximum Gasteiger partial charge on any atom is 0.309 e. The average Bonchev–Trinajstić information content (AvgIpc) is 2.36. The number of ether oxygens (including phenoxy) is 1. The van der Waals surface area contributed by atoms with Crippen molar-refractivity contribution >= 4 is 5.97 Å². The molecule has 2 unspecified atom stereocenters. The standard InChI is InChI=1S/C20H30O3/c1-19(2,3)15-10-12(11-16(17(15)21)20(4,5)6)13-8-9-14(13)18(22)23-7/h10-11,13-14,21H,8-9H2,1-7H3. The largest absolute Gasteiger partial charge is 0.507 e. The van der Waals surface area contributed by atoms with Crippen LogP contribution in [0.2, 0.25) is 0 Å². The molecule has 3 nitrogen and oxygen atoms in total. The van der Waals surface area contributed by atoms with Gasteiger partial charge >= 0.3 is 5.97 Å². The van der Waals surface area contributed by atoms with Gasteiger partial charge in [-0.1, -0.05) is 53.7 Å². The summed E-state index contributed by atoms with van der Waals surface area (Å²) in [5.41, 5.74) is 2.76. The van der Waals surface area contributed by atoms with Crippen molar-refractivity contribution in [3.05, 3.63) is 28.8 Å². The Morgan fingerprint density at radius 2 is 1.52 bits per heavy atom. The molecule has 2 atom stereocenters. The molecule has 2 rings (SSSR count). The third-order valence-electron chi connectivity index (χ3n) is 4.95. The van der Waals surface area contributed by atoms with E-state index in [0.717, 1.165) is 29.5 Å². The van der Waals surface area contributed by atoms with Crippen LogP contribution < -0.4 is 0 Å². The summed E-state index contributed by atoms with van der Waals surface area (Å²) in [7, 11) is 1.45. The maximum absolute atomic E-state index is 11.9. The molecule has 0 amide bonds. The molecular formula is C20H30O3. The fourth-order valence-corrected chi connectivity index (χ4v) is 3.35. The molecule has 0 radical (unpaired) electrons. The first kappa shape index (κ1) is 17.8. The quantitative estimate of drug-likeness (QED) is 0.807. The van der Waals surface area contributed by atoms with Gasteiger partial charge in [0.25, 0.3) is 0 Å². The first-order valence-electron chi connectivity index (χ1n) is 8.42. The van der Waals surface area contributed by atoms with Gasteiger partial charge in [-0.2, -0.15) is 0 Å². The molecule has 1 aromatic carbocycles. The first-order valence-corrected chi connectivity index (χ1v) is 8.42. The number of benzene rings is 1. The number of phenols is 1. The lowest BCUT2D eigenvalue weighted by Crippen LogP contribution is -2.32. The Balaban J connectivity index is 2.55. The lowest BCUT2D eigenvalue weighted by atomic mass is 9.67. The number of aromatic hydroxyl groups is 1. The highest BCUT2D eigenvalue weighted by atomic mass is 16.5. The molecule has 1 aromatic rings. The Labute approximate surface area is 140 Å². The fourth-order valence-electron chi connectivity index (χ4n) is 3.35. The molecule has 1 fully saturated rings. The number of methoxy groups -OCH3 is 1. The highest BCUT2D eigenvalue weighted by molar-refractivity contribution is 5.75. The SMILES string of the molecule is COC(=O)C1CCC1c1cc(C(C)(C)C)c(O)c(C(C)(C)C)c1. The molecule has 0 spiro atoms. The van der Waals surface area contributed by atoms with E-state index in [1.807, 2.05) is 0 Å². The maximum atomic E-state index is 11.9. The molecule has 0 aliphatic heterocycles. The van der Waals surface area contributed by atoms with Gasteiger partial charge in [0, 0.05) is 0 Å². The molecule has 0 aromatic heterocycles. The Hall–Kier alpha value is -1.51. The van der Waals surface area contributed by atoms with Crippen molar-refractivity contribution in [1.29, 1.82) is 0 Å².